The number of benzene rings is 1. The van der Waals surface area contributed by atoms with E-state index in [1.54, 1.807) is 0 Å². The second-order valence-electron chi connectivity index (χ2n) is 6.40. The SMILES string of the molecule is CCCCC(CC)COC(=O)C(=Cc1cc(OC)c(O)c(OC)c1)C(C)=O. The predicted octanol–water partition coefficient (Wildman–Crippen LogP) is 4.14. The van der Waals surface area contributed by atoms with Crippen LogP contribution in [0.2, 0.25) is 0 Å². The van der Waals surface area contributed by atoms with Gasteiger partial charge in [-0.1, -0.05) is 33.1 Å². The fourth-order valence-electron chi connectivity index (χ4n) is 2.64. The summed E-state index contributed by atoms with van der Waals surface area (Å²) < 4.78 is 15.6. The molecule has 1 unspecified atom stereocenters. The topological polar surface area (TPSA) is 82.1 Å². The zero-order valence-corrected chi connectivity index (χ0v) is 16.8. The lowest BCUT2D eigenvalue weighted by Crippen LogP contribution is -2.18. The Bertz CT molecular complexity index is 652. The highest BCUT2D eigenvalue weighted by Crippen LogP contribution is 2.37. The summed E-state index contributed by atoms with van der Waals surface area (Å²) in [5, 5.41) is 9.98. The molecule has 0 aliphatic carbocycles. The van der Waals surface area contributed by atoms with E-state index in [0.717, 1.165) is 25.7 Å². The van der Waals surface area contributed by atoms with Gasteiger partial charge in [0, 0.05) is 0 Å². The first-order valence-corrected chi connectivity index (χ1v) is 9.22. The molecule has 150 valence electrons. The van der Waals surface area contributed by atoms with Crippen LogP contribution < -0.4 is 9.47 Å². The van der Waals surface area contributed by atoms with Crippen LogP contribution >= 0.6 is 0 Å². The zero-order valence-electron chi connectivity index (χ0n) is 16.8. The molecule has 0 bridgehead atoms. The Hall–Kier alpha value is -2.50. The van der Waals surface area contributed by atoms with Gasteiger partial charge in [-0.2, -0.15) is 0 Å². The molecule has 0 radical (unpaired) electrons. The molecule has 0 aliphatic heterocycles. The molecule has 0 heterocycles. The number of methoxy groups -OCH3 is 2. The second kappa shape index (κ2) is 11.3. The monoisotopic (exact) mass is 378 g/mol. The molecule has 0 spiro atoms. The van der Waals surface area contributed by atoms with Crippen molar-refractivity contribution in [3.63, 3.8) is 0 Å². The molecule has 0 amide bonds. The van der Waals surface area contributed by atoms with Gasteiger partial charge in [0.1, 0.15) is 5.57 Å². The van der Waals surface area contributed by atoms with E-state index in [1.807, 2.05) is 0 Å². The molecule has 0 saturated carbocycles. The molecule has 1 N–H and O–H groups in total. The summed E-state index contributed by atoms with van der Waals surface area (Å²) in [6.45, 7) is 5.79. The maximum Gasteiger partial charge on any atom is 0.341 e. The lowest BCUT2D eigenvalue weighted by molar-refractivity contribution is -0.141. The molecular weight excluding hydrogens is 348 g/mol. The Morgan fingerprint density at radius 1 is 1.15 bits per heavy atom. The van der Waals surface area contributed by atoms with Gasteiger partial charge in [0.2, 0.25) is 5.75 Å². The Balaban J connectivity index is 3.04. The van der Waals surface area contributed by atoms with Gasteiger partial charge in [-0.3, -0.25) is 4.79 Å². The number of ether oxygens (including phenoxy) is 3. The van der Waals surface area contributed by atoms with Crippen LogP contribution in [0.15, 0.2) is 17.7 Å². The first kappa shape index (κ1) is 22.5. The number of ketones is 1. The van der Waals surface area contributed by atoms with Crippen LogP contribution in [0.1, 0.15) is 52.0 Å². The van der Waals surface area contributed by atoms with E-state index in [0.29, 0.717) is 12.2 Å². The van der Waals surface area contributed by atoms with Gasteiger partial charge in [-0.05, 0) is 43.0 Å². The summed E-state index contributed by atoms with van der Waals surface area (Å²) >= 11 is 0. The van der Waals surface area contributed by atoms with Gasteiger partial charge in [0.15, 0.2) is 17.3 Å². The Morgan fingerprint density at radius 2 is 1.74 bits per heavy atom. The number of Topliss-reactive ketones (excluding diaryl/α,β-unsaturated/α-hetero) is 1. The Morgan fingerprint density at radius 3 is 2.19 bits per heavy atom. The van der Waals surface area contributed by atoms with E-state index >= 15 is 0 Å². The minimum atomic E-state index is -0.650. The summed E-state index contributed by atoms with van der Waals surface area (Å²) in [4.78, 5) is 24.4. The van der Waals surface area contributed by atoms with Crippen molar-refractivity contribution in [1.29, 1.82) is 0 Å². The number of carbonyl (C=O) groups is 2. The summed E-state index contributed by atoms with van der Waals surface area (Å²) in [5.74, 6) is -0.539. The lowest BCUT2D eigenvalue weighted by atomic mass is 10.0. The van der Waals surface area contributed by atoms with Crippen LogP contribution in [0.4, 0.5) is 0 Å². The van der Waals surface area contributed by atoms with Crippen LogP contribution in [0.5, 0.6) is 17.2 Å². The van der Waals surface area contributed by atoms with E-state index in [4.69, 9.17) is 14.2 Å². The first-order chi connectivity index (χ1) is 12.9. The van der Waals surface area contributed by atoms with E-state index in [1.165, 1.54) is 39.4 Å². The molecular formula is C21H30O6. The molecule has 1 rings (SSSR count). The molecule has 1 atom stereocenters. The average molecular weight is 378 g/mol. The smallest absolute Gasteiger partial charge is 0.341 e. The molecule has 0 aliphatic rings. The normalized spacial score (nSPS) is 12.4. The minimum Gasteiger partial charge on any atom is -0.502 e. The van der Waals surface area contributed by atoms with Crippen LogP contribution in [-0.4, -0.2) is 37.7 Å². The quantitative estimate of drug-likeness (QED) is 0.270. The number of hydrogen-bond donors (Lipinski definition) is 1. The van der Waals surface area contributed by atoms with Crippen molar-refractivity contribution >= 4 is 17.8 Å². The number of rotatable bonds is 11. The zero-order chi connectivity index (χ0) is 20.4. The second-order valence-corrected chi connectivity index (χ2v) is 6.40. The number of phenols is 1. The Kier molecular flexibility index (Phi) is 9.40. The maximum atomic E-state index is 12.4. The number of hydrogen-bond acceptors (Lipinski definition) is 6. The van der Waals surface area contributed by atoms with Gasteiger partial charge in [0.25, 0.3) is 0 Å². The standard InChI is InChI=1S/C21H30O6/c1-6-8-9-15(7-2)13-27-21(24)17(14(3)22)10-16-11-18(25-4)20(23)19(12-16)26-5/h10-12,15,23H,6-9,13H2,1-5H3. The van der Waals surface area contributed by atoms with E-state index in [2.05, 4.69) is 13.8 Å². The predicted molar refractivity (Wildman–Crippen MR) is 104 cm³/mol. The van der Waals surface area contributed by atoms with Crippen LogP contribution in [0.3, 0.4) is 0 Å². The van der Waals surface area contributed by atoms with Crippen molar-refractivity contribution in [3.8, 4) is 17.2 Å². The van der Waals surface area contributed by atoms with Crippen molar-refractivity contribution in [2.24, 2.45) is 5.92 Å². The Labute approximate surface area is 161 Å². The lowest BCUT2D eigenvalue weighted by Gasteiger charge is -2.15. The van der Waals surface area contributed by atoms with E-state index in [-0.39, 0.29) is 28.7 Å². The van der Waals surface area contributed by atoms with Crippen molar-refractivity contribution in [2.75, 3.05) is 20.8 Å². The number of unbranched alkanes of at least 4 members (excludes halogenated alkanes) is 1. The van der Waals surface area contributed by atoms with Crippen molar-refractivity contribution in [3.05, 3.63) is 23.3 Å². The largest absolute Gasteiger partial charge is 0.502 e. The highest BCUT2D eigenvalue weighted by Gasteiger charge is 2.19. The fraction of sp³-hybridized carbons (Fsp3) is 0.524. The van der Waals surface area contributed by atoms with Crippen molar-refractivity contribution in [2.45, 2.75) is 46.5 Å². The third-order valence-corrected chi connectivity index (χ3v) is 4.41. The summed E-state index contributed by atoms with van der Waals surface area (Å²) in [6, 6.07) is 3.04. The summed E-state index contributed by atoms with van der Waals surface area (Å²) in [5.41, 5.74) is 0.428. The molecule has 1 aromatic rings. The van der Waals surface area contributed by atoms with Crippen molar-refractivity contribution < 1.29 is 28.9 Å². The highest BCUT2D eigenvalue weighted by molar-refractivity contribution is 6.19. The molecule has 27 heavy (non-hydrogen) atoms. The molecule has 0 fully saturated rings. The van der Waals surface area contributed by atoms with E-state index < -0.39 is 11.8 Å². The highest BCUT2D eigenvalue weighted by atomic mass is 16.5. The third-order valence-electron chi connectivity index (χ3n) is 4.41. The van der Waals surface area contributed by atoms with Crippen LogP contribution in [0, 0.1) is 5.92 Å². The van der Waals surface area contributed by atoms with Gasteiger partial charge in [-0.25, -0.2) is 4.79 Å². The van der Waals surface area contributed by atoms with Gasteiger partial charge < -0.3 is 19.3 Å². The van der Waals surface area contributed by atoms with Gasteiger partial charge in [-0.15, -0.1) is 0 Å². The number of carbonyl (C=O) groups excluding carboxylic acids is 2. The molecule has 6 heteroatoms. The van der Waals surface area contributed by atoms with Crippen LogP contribution in [0.25, 0.3) is 6.08 Å². The first-order valence-electron chi connectivity index (χ1n) is 9.22. The van der Waals surface area contributed by atoms with Gasteiger partial charge in [0.05, 0.1) is 20.8 Å². The molecule has 0 saturated heterocycles. The van der Waals surface area contributed by atoms with E-state index in [9.17, 15) is 14.7 Å². The molecule has 1 aromatic carbocycles. The molecule has 6 nitrogen and oxygen atoms in total. The third kappa shape index (κ3) is 6.62. The fourth-order valence-corrected chi connectivity index (χ4v) is 2.64. The van der Waals surface area contributed by atoms with Gasteiger partial charge >= 0.3 is 5.97 Å². The number of esters is 1. The minimum absolute atomic E-state index is 0.0601. The van der Waals surface area contributed by atoms with Crippen LogP contribution in [-0.2, 0) is 14.3 Å². The molecule has 0 aromatic heterocycles. The maximum absolute atomic E-state index is 12.4. The summed E-state index contributed by atoms with van der Waals surface area (Å²) in [6.07, 6.45) is 5.50. The average Bonchev–Trinajstić information content (AvgIpc) is 2.66. The number of aromatic hydroxyl groups is 1. The summed E-state index contributed by atoms with van der Waals surface area (Å²) in [7, 11) is 2.81. The van der Waals surface area contributed by atoms with Crippen molar-refractivity contribution in [1.82, 2.24) is 0 Å². The number of phenolic OH excluding ortho intramolecular Hbond substituents is 1.